The molecule has 2 fully saturated rings. The number of hydrogen-bond donors (Lipinski definition) is 3. The molecule has 0 spiro atoms. The van der Waals surface area contributed by atoms with Crippen LogP contribution in [0.1, 0.15) is 16.1 Å². The number of rotatable bonds is 5. The minimum atomic E-state index is -1.18. The molecule has 0 bridgehead atoms. The molecule has 32 heavy (non-hydrogen) atoms. The summed E-state index contributed by atoms with van der Waals surface area (Å²) >= 11 is 11.1. The summed E-state index contributed by atoms with van der Waals surface area (Å²) in [6.07, 6.45) is 0.354. The van der Waals surface area contributed by atoms with Gasteiger partial charge in [-0.2, -0.15) is 0 Å². The number of nitrogens with one attached hydrogen (secondary N) is 2. The van der Waals surface area contributed by atoms with Crippen LogP contribution in [0.5, 0.6) is 0 Å². The summed E-state index contributed by atoms with van der Waals surface area (Å²) in [7, 11) is 0. The molecule has 3 N–H and O–H groups in total. The maximum atomic E-state index is 13.2. The van der Waals surface area contributed by atoms with Crippen molar-refractivity contribution in [3.05, 3.63) is 44.0 Å². The van der Waals surface area contributed by atoms with Crippen LogP contribution < -0.4 is 15.5 Å². The van der Waals surface area contributed by atoms with Crippen molar-refractivity contribution in [1.29, 1.82) is 0 Å². The van der Waals surface area contributed by atoms with Crippen molar-refractivity contribution in [3.8, 4) is 0 Å². The number of carbonyl (C=O) groups is 2. The minimum absolute atomic E-state index is 0.0764. The molecular weight excluding hydrogens is 524 g/mol. The topological polar surface area (TPSA) is 112 Å². The smallest absolute Gasteiger partial charge is 0.262 e. The molecule has 2 saturated heterocycles. The Morgan fingerprint density at radius 1 is 1.25 bits per heavy atom. The van der Waals surface area contributed by atoms with Crippen molar-refractivity contribution in [2.24, 2.45) is 5.16 Å². The van der Waals surface area contributed by atoms with Gasteiger partial charge in [0.05, 0.1) is 32.6 Å². The fraction of sp³-hybridized carbons (Fsp3) is 0.350. The van der Waals surface area contributed by atoms with Crippen LogP contribution in [0, 0.1) is 0 Å². The molecule has 2 aromatic rings. The molecule has 1 atom stereocenters. The van der Waals surface area contributed by atoms with Crippen molar-refractivity contribution >= 4 is 67.9 Å². The summed E-state index contributed by atoms with van der Waals surface area (Å²) in [5.41, 5.74) is -0.0743. The van der Waals surface area contributed by atoms with E-state index in [2.05, 4.69) is 31.7 Å². The van der Waals surface area contributed by atoms with Crippen LogP contribution in [0.15, 0.2) is 39.3 Å². The summed E-state index contributed by atoms with van der Waals surface area (Å²) in [5.74, 6) is -0.371. The number of anilines is 2. The van der Waals surface area contributed by atoms with Gasteiger partial charge in [0.25, 0.3) is 11.8 Å². The molecule has 0 aliphatic carbocycles. The van der Waals surface area contributed by atoms with Crippen LogP contribution in [0.3, 0.4) is 0 Å². The monoisotopic (exact) mass is 542 g/mol. The highest BCUT2D eigenvalue weighted by molar-refractivity contribution is 9.11. The lowest BCUT2D eigenvalue weighted by atomic mass is 9.97. The van der Waals surface area contributed by atoms with E-state index in [9.17, 15) is 14.8 Å². The van der Waals surface area contributed by atoms with Gasteiger partial charge in [-0.05, 0) is 46.3 Å². The van der Waals surface area contributed by atoms with Crippen LogP contribution >= 0.6 is 38.9 Å². The number of morpholine rings is 1. The zero-order chi connectivity index (χ0) is 22.7. The van der Waals surface area contributed by atoms with E-state index in [-0.39, 0.29) is 25.0 Å². The quantitative estimate of drug-likeness (QED) is 0.394. The molecule has 0 radical (unpaired) electrons. The van der Waals surface area contributed by atoms with Crippen molar-refractivity contribution in [3.63, 3.8) is 0 Å². The van der Waals surface area contributed by atoms with Crippen LogP contribution in [0.25, 0.3) is 0 Å². The van der Waals surface area contributed by atoms with E-state index in [1.54, 1.807) is 35.2 Å². The predicted octanol–water partition coefficient (Wildman–Crippen LogP) is 3.32. The van der Waals surface area contributed by atoms with Crippen molar-refractivity contribution in [2.45, 2.75) is 12.0 Å². The number of amides is 2. The zero-order valence-corrected chi connectivity index (χ0v) is 19.9. The number of hydrogen-bond acceptors (Lipinski definition) is 7. The molecule has 1 unspecified atom stereocenters. The van der Waals surface area contributed by atoms with E-state index in [0.717, 1.165) is 3.79 Å². The first-order chi connectivity index (χ1) is 15.4. The Kier molecular flexibility index (Phi) is 7.01. The highest BCUT2D eigenvalue weighted by Gasteiger charge is 2.44. The van der Waals surface area contributed by atoms with Gasteiger partial charge in [-0.25, -0.2) is 0 Å². The summed E-state index contributed by atoms with van der Waals surface area (Å²) in [6.45, 7) is 1.57. The van der Waals surface area contributed by atoms with E-state index in [1.807, 2.05) is 0 Å². The van der Waals surface area contributed by atoms with Crippen molar-refractivity contribution in [1.82, 2.24) is 5.32 Å². The maximum absolute atomic E-state index is 13.2. The van der Waals surface area contributed by atoms with Gasteiger partial charge in [-0.1, -0.05) is 16.8 Å². The number of halogens is 2. The molecule has 2 aliphatic heterocycles. The molecule has 4 rings (SSSR count). The van der Waals surface area contributed by atoms with Gasteiger partial charge < -0.3 is 30.2 Å². The van der Waals surface area contributed by atoms with Crippen LogP contribution in [-0.2, 0) is 14.3 Å². The summed E-state index contributed by atoms with van der Waals surface area (Å²) in [4.78, 5) is 28.1. The van der Waals surface area contributed by atoms with Crippen molar-refractivity contribution in [2.75, 3.05) is 43.2 Å². The van der Waals surface area contributed by atoms with Gasteiger partial charge in [0.15, 0.2) is 5.84 Å². The van der Waals surface area contributed by atoms with Crippen LogP contribution in [0.4, 0.5) is 11.4 Å². The highest BCUT2D eigenvalue weighted by atomic mass is 79.9. The minimum Gasteiger partial charge on any atom is -0.409 e. The standard InChI is InChI=1S/C20H20BrClN4O5S/c21-16-4-3-15(32-16)18(27)24-20(5-7-31-11-20)19(28)23-12-1-2-14(13(22)9-12)26-6-8-30-10-17(26)25-29/h1-4,9,29H,5-8,10-11H2,(H,23,28)(H,24,27). The van der Waals surface area contributed by atoms with Crippen molar-refractivity contribution < 1.29 is 24.3 Å². The Labute approximate surface area is 201 Å². The SMILES string of the molecule is O=C(NC1(C(=O)Nc2ccc(N3CCOCC3=NO)c(Cl)c2)CCOC1)c1ccc(Br)s1. The fourth-order valence-electron chi connectivity index (χ4n) is 3.54. The van der Waals surface area contributed by atoms with Gasteiger partial charge in [-0.3, -0.25) is 9.59 Å². The Balaban J connectivity index is 1.50. The summed E-state index contributed by atoms with van der Waals surface area (Å²) < 4.78 is 11.6. The number of thiophene rings is 1. The first-order valence-corrected chi connectivity index (χ1v) is 11.7. The number of benzene rings is 1. The first kappa shape index (κ1) is 23.0. The third-order valence-corrected chi connectivity index (χ3v) is 7.14. The molecule has 1 aromatic heterocycles. The van der Waals surface area contributed by atoms with E-state index >= 15 is 0 Å². The van der Waals surface area contributed by atoms with Gasteiger partial charge in [0, 0.05) is 25.3 Å². The zero-order valence-electron chi connectivity index (χ0n) is 16.8. The van der Waals surface area contributed by atoms with Crippen LogP contribution in [0.2, 0.25) is 5.02 Å². The molecular formula is C20H20BrClN4O5S. The average molecular weight is 544 g/mol. The number of ether oxygens (including phenoxy) is 2. The lowest BCUT2D eigenvalue weighted by Crippen LogP contribution is -2.57. The lowest BCUT2D eigenvalue weighted by Gasteiger charge is -2.30. The van der Waals surface area contributed by atoms with E-state index in [1.165, 1.54) is 11.3 Å². The number of amidine groups is 1. The van der Waals surface area contributed by atoms with E-state index in [4.69, 9.17) is 21.1 Å². The third kappa shape index (κ3) is 4.76. The normalized spacial score (nSPS) is 22.2. The third-order valence-electron chi connectivity index (χ3n) is 5.22. The Morgan fingerprint density at radius 2 is 2.09 bits per heavy atom. The second-order valence-electron chi connectivity index (χ2n) is 7.28. The first-order valence-electron chi connectivity index (χ1n) is 9.75. The summed E-state index contributed by atoms with van der Waals surface area (Å²) in [5, 5.41) is 18.5. The molecule has 3 heterocycles. The van der Waals surface area contributed by atoms with E-state index < -0.39 is 5.54 Å². The average Bonchev–Trinajstić information content (AvgIpc) is 3.44. The summed E-state index contributed by atoms with van der Waals surface area (Å²) in [6, 6.07) is 8.52. The van der Waals surface area contributed by atoms with Crippen LogP contribution in [-0.4, -0.2) is 61.4 Å². The Morgan fingerprint density at radius 3 is 2.75 bits per heavy atom. The highest BCUT2D eigenvalue weighted by Crippen LogP contribution is 2.31. The number of oxime groups is 1. The van der Waals surface area contributed by atoms with Gasteiger partial charge in [0.2, 0.25) is 0 Å². The van der Waals surface area contributed by atoms with E-state index in [0.29, 0.717) is 53.3 Å². The molecule has 0 saturated carbocycles. The number of nitrogens with zero attached hydrogens (tertiary/aromatic N) is 2. The molecule has 2 amide bonds. The second-order valence-corrected chi connectivity index (χ2v) is 10.2. The van der Waals surface area contributed by atoms with Gasteiger partial charge >= 0.3 is 0 Å². The fourth-order valence-corrected chi connectivity index (χ4v) is 5.10. The Bertz CT molecular complexity index is 1060. The molecule has 9 nitrogen and oxygen atoms in total. The molecule has 12 heteroatoms. The predicted molar refractivity (Wildman–Crippen MR) is 125 cm³/mol. The molecule has 1 aromatic carbocycles. The van der Waals surface area contributed by atoms with Gasteiger partial charge in [0.1, 0.15) is 12.1 Å². The molecule has 2 aliphatic rings. The molecule has 170 valence electrons. The second kappa shape index (κ2) is 9.75. The number of carbonyl (C=O) groups excluding carboxylic acids is 2. The lowest BCUT2D eigenvalue weighted by molar-refractivity contribution is -0.122. The largest absolute Gasteiger partial charge is 0.409 e. The van der Waals surface area contributed by atoms with Gasteiger partial charge in [-0.15, -0.1) is 11.3 Å². The maximum Gasteiger partial charge on any atom is 0.262 e. The Hall–Kier alpha value is -2.18.